The van der Waals surface area contributed by atoms with E-state index in [2.05, 4.69) is 114 Å². The number of rotatable bonds is 5. The van der Waals surface area contributed by atoms with Crippen LogP contribution < -0.4 is 0 Å². The summed E-state index contributed by atoms with van der Waals surface area (Å²) in [6.07, 6.45) is 3.64. The molecule has 4 aromatic heterocycles. The predicted octanol–water partition coefficient (Wildman–Crippen LogP) is 12.5. The second kappa shape index (κ2) is 11.6. The van der Waals surface area contributed by atoms with Crippen LogP contribution in [0.5, 0.6) is 0 Å². The maximum atomic E-state index is 6.77. The lowest BCUT2D eigenvalue weighted by Gasteiger charge is -2.12. The highest BCUT2D eigenvalue weighted by Crippen LogP contribution is 2.46. The molecule has 10 rings (SSSR count). The van der Waals surface area contributed by atoms with Crippen molar-refractivity contribution in [2.45, 2.75) is 0 Å². The summed E-state index contributed by atoms with van der Waals surface area (Å²) in [4.78, 5) is 14.7. The highest BCUT2D eigenvalue weighted by atomic mass is 32.1. The molecule has 6 aromatic carbocycles. The van der Waals surface area contributed by atoms with Crippen LogP contribution in [0.4, 0.5) is 0 Å². The van der Waals surface area contributed by atoms with E-state index in [0.29, 0.717) is 5.82 Å². The zero-order chi connectivity index (χ0) is 33.0. The third kappa shape index (κ3) is 4.71. The fourth-order valence-corrected chi connectivity index (χ4v) is 8.23. The summed E-state index contributed by atoms with van der Waals surface area (Å²) in [7, 11) is 0. The monoisotopic (exact) mass is 657 g/mol. The Morgan fingerprint density at radius 1 is 0.440 bits per heavy atom. The van der Waals surface area contributed by atoms with Gasteiger partial charge >= 0.3 is 0 Å². The van der Waals surface area contributed by atoms with E-state index in [1.807, 2.05) is 66.2 Å². The normalized spacial score (nSPS) is 11.6. The third-order valence-corrected chi connectivity index (χ3v) is 10.6. The number of fused-ring (bicyclic) bond motifs is 6. The Labute approximate surface area is 292 Å². The number of pyridine rings is 1. The van der Waals surface area contributed by atoms with Crippen molar-refractivity contribution in [2.24, 2.45) is 0 Å². The van der Waals surface area contributed by atoms with Crippen molar-refractivity contribution in [1.82, 2.24) is 15.0 Å². The Kier molecular flexibility index (Phi) is 6.64. The molecule has 0 aliphatic rings. The second-order valence-corrected chi connectivity index (χ2v) is 13.5. The first-order valence-electron chi connectivity index (χ1n) is 16.6. The van der Waals surface area contributed by atoms with Crippen LogP contribution in [0.15, 0.2) is 168 Å². The first kappa shape index (κ1) is 28.6. The van der Waals surface area contributed by atoms with Crippen LogP contribution >= 0.6 is 11.3 Å². The van der Waals surface area contributed by atoms with Gasteiger partial charge in [-0.3, -0.25) is 4.98 Å². The van der Waals surface area contributed by atoms with Gasteiger partial charge in [-0.2, -0.15) is 0 Å². The number of furan rings is 1. The molecule has 0 atom stereocenters. The van der Waals surface area contributed by atoms with Gasteiger partial charge in [0, 0.05) is 54.5 Å². The predicted molar refractivity (Wildman–Crippen MR) is 207 cm³/mol. The fourth-order valence-electron chi connectivity index (χ4n) is 7.10. The molecule has 10 aromatic rings. The van der Waals surface area contributed by atoms with Crippen LogP contribution in [-0.4, -0.2) is 15.0 Å². The van der Waals surface area contributed by atoms with Crippen LogP contribution in [-0.2, 0) is 0 Å². The van der Waals surface area contributed by atoms with E-state index in [-0.39, 0.29) is 0 Å². The van der Waals surface area contributed by atoms with Crippen LogP contribution in [0, 0.1) is 0 Å². The molecule has 0 saturated carbocycles. The molecule has 0 saturated heterocycles. The lowest BCUT2D eigenvalue weighted by atomic mass is 9.93. The van der Waals surface area contributed by atoms with Gasteiger partial charge in [-0.1, -0.05) is 103 Å². The molecule has 234 valence electrons. The molecule has 4 nitrogen and oxygen atoms in total. The summed E-state index contributed by atoms with van der Waals surface area (Å²) < 4.78 is 9.32. The fraction of sp³-hybridized carbons (Fsp3) is 0. The Hall–Kier alpha value is -6.43. The first-order valence-corrected chi connectivity index (χ1v) is 17.4. The number of para-hydroxylation sites is 1. The number of benzene rings is 6. The SMILES string of the molecule is c1ccc(-c2cc(-c3cccc(-c4ccncc4)c3)nc(-c3ccc(-c4cccc5sc6ccccc6c45)c4c3oc3ccccc34)n2)cc1. The molecular formula is C45H27N3OS. The minimum Gasteiger partial charge on any atom is -0.455 e. The molecule has 4 heterocycles. The Balaban J connectivity index is 1.23. The molecule has 0 unspecified atom stereocenters. The van der Waals surface area contributed by atoms with Crippen molar-refractivity contribution in [1.29, 1.82) is 0 Å². The van der Waals surface area contributed by atoms with E-state index in [4.69, 9.17) is 14.4 Å². The van der Waals surface area contributed by atoms with Gasteiger partial charge in [0.05, 0.1) is 17.0 Å². The highest BCUT2D eigenvalue weighted by Gasteiger charge is 2.22. The molecule has 0 bridgehead atoms. The Morgan fingerprint density at radius 2 is 1.10 bits per heavy atom. The van der Waals surface area contributed by atoms with Gasteiger partial charge in [-0.15, -0.1) is 11.3 Å². The Bertz CT molecular complexity index is 2870. The van der Waals surface area contributed by atoms with Gasteiger partial charge in [-0.25, -0.2) is 9.97 Å². The molecule has 0 fully saturated rings. The number of thiophene rings is 1. The summed E-state index contributed by atoms with van der Waals surface area (Å²) in [5.41, 5.74) is 10.7. The van der Waals surface area contributed by atoms with E-state index in [1.54, 1.807) is 0 Å². The van der Waals surface area contributed by atoms with Crippen molar-refractivity contribution in [3.8, 4) is 56.2 Å². The first-order chi connectivity index (χ1) is 24.8. The summed E-state index contributed by atoms with van der Waals surface area (Å²) in [5.74, 6) is 0.616. The number of nitrogens with zero attached hydrogens (tertiary/aromatic N) is 3. The van der Waals surface area contributed by atoms with E-state index < -0.39 is 0 Å². The minimum absolute atomic E-state index is 0.616. The Morgan fingerprint density at radius 3 is 1.98 bits per heavy atom. The highest BCUT2D eigenvalue weighted by molar-refractivity contribution is 7.25. The van der Waals surface area contributed by atoms with Crippen LogP contribution in [0.1, 0.15) is 0 Å². The molecule has 5 heteroatoms. The lowest BCUT2D eigenvalue weighted by Crippen LogP contribution is -1.97. The number of hydrogen-bond acceptors (Lipinski definition) is 5. The second-order valence-electron chi connectivity index (χ2n) is 12.4. The maximum absolute atomic E-state index is 6.77. The van der Waals surface area contributed by atoms with Gasteiger partial charge < -0.3 is 4.42 Å². The van der Waals surface area contributed by atoms with Gasteiger partial charge in [0.2, 0.25) is 0 Å². The maximum Gasteiger partial charge on any atom is 0.164 e. The molecule has 50 heavy (non-hydrogen) atoms. The largest absolute Gasteiger partial charge is 0.455 e. The minimum atomic E-state index is 0.616. The summed E-state index contributed by atoms with van der Waals surface area (Å²) in [5, 5.41) is 4.67. The third-order valence-electron chi connectivity index (χ3n) is 9.43. The molecule has 0 amide bonds. The number of aromatic nitrogens is 3. The van der Waals surface area contributed by atoms with E-state index in [9.17, 15) is 0 Å². The van der Waals surface area contributed by atoms with Crippen LogP contribution in [0.3, 0.4) is 0 Å². The van der Waals surface area contributed by atoms with Gasteiger partial charge in [0.1, 0.15) is 11.2 Å². The van der Waals surface area contributed by atoms with E-state index in [1.165, 1.54) is 25.7 Å². The summed E-state index contributed by atoms with van der Waals surface area (Å²) in [6, 6.07) is 52.9. The standard InChI is InChI=1S/C45H27N3OS/c1-2-10-29(11-3-1)37-27-38(31-13-8-12-30(26-31)28-22-24-46-25-23-28)48-45(47-37)36-21-20-33(43-34-14-4-6-17-39(34)49-44(36)43)32-16-9-19-41-42(32)35-15-5-7-18-40(35)50-41/h1-27H. The summed E-state index contributed by atoms with van der Waals surface area (Å²) >= 11 is 1.83. The topological polar surface area (TPSA) is 51.8 Å². The average molecular weight is 658 g/mol. The smallest absolute Gasteiger partial charge is 0.164 e. The van der Waals surface area contributed by atoms with Crippen molar-refractivity contribution >= 4 is 53.4 Å². The van der Waals surface area contributed by atoms with Crippen LogP contribution in [0.2, 0.25) is 0 Å². The van der Waals surface area contributed by atoms with Crippen molar-refractivity contribution < 1.29 is 4.42 Å². The summed E-state index contributed by atoms with van der Waals surface area (Å²) in [6.45, 7) is 0. The molecule has 0 N–H and O–H groups in total. The van der Waals surface area contributed by atoms with Crippen LogP contribution in [0.25, 0.3) is 98.3 Å². The van der Waals surface area contributed by atoms with E-state index in [0.717, 1.165) is 66.7 Å². The van der Waals surface area contributed by atoms with Crippen molar-refractivity contribution in [3.05, 3.63) is 164 Å². The van der Waals surface area contributed by atoms with Crippen molar-refractivity contribution in [3.63, 3.8) is 0 Å². The molecule has 0 radical (unpaired) electrons. The van der Waals surface area contributed by atoms with E-state index >= 15 is 0 Å². The van der Waals surface area contributed by atoms with Gasteiger partial charge in [-0.05, 0) is 70.8 Å². The average Bonchev–Trinajstić information content (AvgIpc) is 3.77. The zero-order valence-electron chi connectivity index (χ0n) is 26.7. The van der Waals surface area contributed by atoms with Crippen molar-refractivity contribution in [2.75, 3.05) is 0 Å². The molecule has 0 aliphatic carbocycles. The zero-order valence-corrected chi connectivity index (χ0v) is 27.6. The molecular weight excluding hydrogens is 631 g/mol. The van der Waals surface area contributed by atoms with Gasteiger partial charge in [0.15, 0.2) is 5.82 Å². The quantitative estimate of drug-likeness (QED) is 0.185. The number of hydrogen-bond donors (Lipinski definition) is 0. The van der Waals surface area contributed by atoms with Gasteiger partial charge in [0.25, 0.3) is 0 Å². The molecule has 0 spiro atoms. The molecule has 0 aliphatic heterocycles. The lowest BCUT2D eigenvalue weighted by molar-refractivity contribution is 0.669.